The predicted octanol–water partition coefficient (Wildman–Crippen LogP) is 3.72. The molecule has 0 spiro atoms. The van der Waals surface area contributed by atoms with Crippen LogP contribution in [0.3, 0.4) is 0 Å². The number of hydrogen-bond acceptors (Lipinski definition) is 6. The lowest BCUT2D eigenvalue weighted by Crippen LogP contribution is -2.40. The van der Waals surface area contributed by atoms with Crippen molar-refractivity contribution in [2.45, 2.75) is 6.92 Å². The summed E-state index contributed by atoms with van der Waals surface area (Å²) in [6.07, 6.45) is 3.63. The Hall–Kier alpha value is -4.22. The first kappa shape index (κ1) is 21.6. The highest BCUT2D eigenvalue weighted by Gasteiger charge is 2.22. The van der Waals surface area contributed by atoms with Gasteiger partial charge in [-0.25, -0.2) is 9.50 Å². The van der Waals surface area contributed by atoms with E-state index in [0.717, 1.165) is 27.9 Å². The van der Waals surface area contributed by atoms with Gasteiger partial charge in [0.25, 0.3) is 5.91 Å². The molecule has 0 radical (unpaired) electrons. The van der Waals surface area contributed by atoms with Gasteiger partial charge in [-0.1, -0.05) is 12.1 Å². The fraction of sp³-hybridized carbons (Fsp3) is 0.231. The molecule has 2 aromatic heterocycles. The third-order valence-corrected chi connectivity index (χ3v) is 6.05. The molecule has 34 heavy (non-hydrogen) atoms. The lowest BCUT2D eigenvalue weighted by molar-refractivity contribution is 0.0301. The highest BCUT2D eigenvalue weighted by molar-refractivity contribution is 5.97. The fourth-order valence-electron chi connectivity index (χ4n) is 4.15. The van der Waals surface area contributed by atoms with Crippen molar-refractivity contribution in [2.24, 2.45) is 0 Å². The summed E-state index contributed by atoms with van der Waals surface area (Å²) >= 11 is 0. The van der Waals surface area contributed by atoms with Gasteiger partial charge in [0, 0.05) is 30.4 Å². The third-order valence-electron chi connectivity index (χ3n) is 6.05. The second-order valence-electron chi connectivity index (χ2n) is 8.10. The van der Waals surface area contributed by atoms with Crippen LogP contribution in [0.5, 0.6) is 5.75 Å². The molecule has 0 atom stereocenters. The summed E-state index contributed by atoms with van der Waals surface area (Å²) in [5, 5.41) is 13.7. The van der Waals surface area contributed by atoms with E-state index in [4.69, 9.17) is 14.5 Å². The van der Waals surface area contributed by atoms with Gasteiger partial charge in [-0.15, -0.1) is 0 Å². The second-order valence-corrected chi connectivity index (χ2v) is 8.10. The van der Waals surface area contributed by atoms with Crippen LogP contribution < -0.4 is 4.74 Å². The van der Waals surface area contributed by atoms with Gasteiger partial charge in [0.15, 0.2) is 5.65 Å². The first-order valence-electron chi connectivity index (χ1n) is 11.0. The molecule has 0 aliphatic carbocycles. The van der Waals surface area contributed by atoms with Gasteiger partial charge in [0.2, 0.25) is 0 Å². The first-order chi connectivity index (χ1) is 16.6. The summed E-state index contributed by atoms with van der Waals surface area (Å²) in [6.45, 7) is 4.14. The molecule has 1 amide bonds. The second kappa shape index (κ2) is 8.96. The monoisotopic (exact) mass is 453 g/mol. The van der Waals surface area contributed by atoms with E-state index >= 15 is 0 Å². The summed E-state index contributed by atoms with van der Waals surface area (Å²) in [7, 11) is 1.56. The Labute approximate surface area is 197 Å². The molecule has 0 bridgehead atoms. The van der Waals surface area contributed by atoms with E-state index in [1.54, 1.807) is 28.8 Å². The number of nitriles is 1. The Balaban J connectivity index is 1.52. The number of fused-ring (bicyclic) bond motifs is 1. The molecule has 4 aromatic rings. The number of aryl methyl sites for hydroxylation is 1. The molecule has 1 aliphatic rings. The van der Waals surface area contributed by atoms with E-state index in [1.807, 2.05) is 49.5 Å². The minimum absolute atomic E-state index is 0.0654. The lowest BCUT2D eigenvalue weighted by Gasteiger charge is -2.27. The van der Waals surface area contributed by atoms with Crippen LogP contribution in [0, 0.1) is 18.3 Å². The van der Waals surface area contributed by atoms with Crippen molar-refractivity contribution in [3.8, 4) is 34.2 Å². The lowest BCUT2D eigenvalue weighted by atomic mass is 10.0. The number of aromatic nitrogens is 3. The molecule has 0 unspecified atom stereocenters. The van der Waals surface area contributed by atoms with Crippen LogP contribution in [-0.4, -0.2) is 58.8 Å². The average Bonchev–Trinajstić information content (AvgIpc) is 3.31. The van der Waals surface area contributed by atoms with Gasteiger partial charge in [-0.3, -0.25) is 4.79 Å². The normalized spacial score (nSPS) is 13.6. The van der Waals surface area contributed by atoms with Crippen LogP contribution >= 0.6 is 0 Å². The van der Waals surface area contributed by atoms with E-state index in [-0.39, 0.29) is 5.91 Å². The van der Waals surface area contributed by atoms with E-state index in [0.29, 0.717) is 48.8 Å². The standard InChI is InChI=1S/C26H23N5O3/c1-17-13-18(3-4-20(17)15-27)22-16-28-31-8-7-23(29-25(22)31)19-5-6-21(24(14-19)33-2)26(32)30-9-11-34-12-10-30/h3-8,13-14,16H,9-12H2,1-2H3. The smallest absolute Gasteiger partial charge is 0.257 e. The van der Waals surface area contributed by atoms with Crippen molar-refractivity contribution >= 4 is 11.6 Å². The van der Waals surface area contributed by atoms with Gasteiger partial charge in [-0.05, 0) is 48.4 Å². The molecule has 8 nitrogen and oxygen atoms in total. The van der Waals surface area contributed by atoms with Crippen molar-refractivity contribution in [2.75, 3.05) is 33.4 Å². The molecular weight excluding hydrogens is 430 g/mol. The van der Waals surface area contributed by atoms with E-state index in [1.165, 1.54) is 0 Å². The zero-order valence-corrected chi connectivity index (χ0v) is 19.0. The zero-order chi connectivity index (χ0) is 23.7. The Morgan fingerprint density at radius 2 is 1.91 bits per heavy atom. The molecule has 3 heterocycles. The number of morpholine rings is 1. The van der Waals surface area contributed by atoms with E-state index < -0.39 is 0 Å². The molecule has 5 rings (SSSR count). The van der Waals surface area contributed by atoms with Crippen LogP contribution in [0.15, 0.2) is 54.9 Å². The average molecular weight is 454 g/mol. The van der Waals surface area contributed by atoms with Crippen molar-refractivity contribution in [1.29, 1.82) is 5.26 Å². The molecule has 0 N–H and O–H groups in total. The fourth-order valence-corrected chi connectivity index (χ4v) is 4.15. The van der Waals surface area contributed by atoms with Gasteiger partial charge in [0.1, 0.15) is 5.75 Å². The molecule has 1 aliphatic heterocycles. The number of benzene rings is 2. The van der Waals surface area contributed by atoms with Gasteiger partial charge < -0.3 is 14.4 Å². The number of methoxy groups -OCH3 is 1. The van der Waals surface area contributed by atoms with Crippen LogP contribution in [0.4, 0.5) is 0 Å². The van der Waals surface area contributed by atoms with Crippen LogP contribution in [0.25, 0.3) is 28.0 Å². The SMILES string of the molecule is COc1cc(-c2ccn3ncc(-c4ccc(C#N)c(C)c4)c3n2)ccc1C(=O)N1CCOCC1. The third kappa shape index (κ3) is 3.87. The van der Waals surface area contributed by atoms with Crippen molar-refractivity contribution in [3.05, 3.63) is 71.5 Å². The summed E-state index contributed by atoms with van der Waals surface area (Å²) in [6, 6.07) is 15.3. The van der Waals surface area contributed by atoms with Crippen molar-refractivity contribution in [3.63, 3.8) is 0 Å². The Bertz CT molecular complexity index is 1430. The molecular formula is C26H23N5O3. The Morgan fingerprint density at radius 1 is 1.12 bits per heavy atom. The summed E-state index contributed by atoms with van der Waals surface area (Å²) in [4.78, 5) is 19.6. The molecule has 1 fully saturated rings. The quantitative estimate of drug-likeness (QED) is 0.468. The highest BCUT2D eigenvalue weighted by atomic mass is 16.5. The molecule has 8 heteroatoms. The highest BCUT2D eigenvalue weighted by Crippen LogP contribution is 2.30. The van der Waals surface area contributed by atoms with Crippen LogP contribution in [0.1, 0.15) is 21.5 Å². The Morgan fingerprint density at radius 3 is 2.65 bits per heavy atom. The maximum absolute atomic E-state index is 13.0. The summed E-state index contributed by atoms with van der Waals surface area (Å²) < 4.78 is 12.6. The van der Waals surface area contributed by atoms with Crippen LogP contribution in [0.2, 0.25) is 0 Å². The van der Waals surface area contributed by atoms with Crippen molar-refractivity contribution < 1.29 is 14.3 Å². The number of rotatable bonds is 4. The maximum Gasteiger partial charge on any atom is 0.257 e. The number of carbonyl (C=O) groups is 1. The molecule has 2 aromatic carbocycles. The van der Waals surface area contributed by atoms with Gasteiger partial charge >= 0.3 is 0 Å². The number of hydrogen-bond donors (Lipinski definition) is 0. The van der Waals surface area contributed by atoms with Crippen molar-refractivity contribution in [1.82, 2.24) is 19.5 Å². The van der Waals surface area contributed by atoms with E-state index in [9.17, 15) is 10.1 Å². The van der Waals surface area contributed by atoms with E-state index in [2.05, 4.69) is 11.2 Å². The molecule has 0 saturated carbocycles. The summed E-state index contributed by atoms with van der Waals surface area (Å²) in [5.74, 6) is 0.441. The zero-order valence-electron chi connectivity index (χ0n) is 19.0. The number of amides is 1. The van der Waals surface area contributed by atoms with Crippen LogP contribution in [-0.2, 0) is 4.74 Å². The summed E-state index contributed by atoms with van der Waals surface area (Å²) in [5.41, 5.74) is 6.17. The predicted molar refractivity (Wildman–Crippen MR) is 127 cm³/mol. The minimum atomic E-state index is -0.0654. The topological polar surface area (TPSA) is 92.8 Å². The minimum Gasteiger partial charge on any atom is -0.496 e. The van der Waals surface area contributed by atoms with Gasteiger partial charge in [0.05, 0.1) is 49.4 Å². The Kier molecular flexibility index (Phi) is 5.70. The molecule has 1 saturated heterocycles. The first-order valence-corrected chi connectivity index (χ1v) is 11.0. The van der Waals surface area contributed by atoms with Gasteiger partial charge in [-0.2, -0.15) is 10.4 Å². The number of carbonyl (C=O) groups excluding carboxylic acids is 1. The largest absolute Gasteiger partial charge is 0.496 e. The molecule has 170 valence electrons. The maximum atomic E-state index is 13.0. The number of nitrogens with zero attached hydrogens (tertiary/aromatic N) is 5. The number of ether oxygens (including phenoxy) is 2.